The van der Waals surface area contributed by atoms with Crippen LogP contribution in [0.1, 0.15) is 41.3 Å². The van der Waals surface area contributed by atoms with Gasteiger partial charge in [0.25, 0.3) is 0 Å². The van der Waals surface area contributed by atoms with Crippen LogP contribution >= 0.6 is 0 Å². The van der Waals surface area contributed by atoms with Gasteiger partial charge in [-0.1, -0.05) is 18.2 Å². The number of aryl methyl sites for hydroxylation is 2. The van der Waals surface area contributed by atoms with Gasteiger partial charge < -0.3 is 10.2 Å². The maximum absolute atomic E-state index is 6.20. The van der Waals surface area contributed by atoms with Gasteiger partial charge in [-0.15, -0.1) is 0 Å². The van der Waals surface area contributed by atoms with E-state index in [-0.39, 0.29) is 6.04 Å². The summed E-state index contributed by atoms with van der Waals surface area (Å²) in [6.07, 6.45) is 6.69. The summed E-state index contributed by atoms with van der Waals surface area (Å²) in [5.41, 5.74) is 10.3. The molecule has 88 valence electrons. The molecule has 0 saturated heterocycles. The van der Waals surface area contributed by atoms with E-state index in [0.29, 0.717) is 0 Å². The first-order valence-electron chi connectivity index (χ1n) is 6.25. The molecule has 0 saturated carbocycles. The Bertz CT molecular complexity index is 502. The second-order valence-corrected chi connectivity index (χ2v) is 4.73. The summed E-state index contributed by atoms with van der Waals surface area (Å²) in [5, 5.41) is 0. The topological polar surface area (TPSA) is 39.2 Å². The summed E-state index contributed by atoms with van der Waals surface area (Å²) >= 11 is 0. The van der Waals surface area contributed by atoms with Gasteiger partial charge in [-0.05, 0) is 54.5 Å². The van der Waals surface area contributed by atoms with Gasteiger partial charge >= 0.3 is 0 Å². The van der Waals surface area contributed by atoms with Crippen molar-refractivity contribution in [1.82, 2.24) is 0 Å². The van der Waals surface area contributed by atoms with Gasteiger partial charge in [-0.3, -0.25) is 0 Å². The van der Waals surface area contributed by atoms with Crippen LogP contribution < -0.4 is 5.73 Å². The highest BCUT2D eigenvalue weighted by Gasteiger charge is 2.15. The Morgan fingerprint density at radius 2 is 1.88 bits per heavy atom. The standard InChI is InChI=1S/C15H17NO/c16-15(14-6-3-9-17-14)13-8-7-11-4-1-2-5-12(11)10-13/h3,6-10,15H,1-2,4-5,16H2. The fraction of sp³-hybridized carbons (Fsp3) is 0.333. The Hall–Kier alpha value is -1.54. The zero-order valence-corrected chi connectivity index (χ0v) is 9.86. The van der Waals surface area contributed by atoms with Gasteiger partial charge in [0.2, 0.25) is 0 Å². The van der Waals surface area contributed by atoms with Gasteiger partial charge in [-0.25, -0.2) is 0 Å². The molecule has 1 aliphatic rings. The van der Waals surface area contributed by atoms with Crippen molar-refractivity contribution in [1.29, 1.82) is 0 Å². The molecule has 2 nitrogen and oxygen atoms in total. The zero-order valence-electron chi connectivity index (χ0n) is 9.86. The van der Waals surface area contributed by atoms with Gasteiger partial charge in [0.1, 0.15) is 5.76 Å². The average molecular weight is 227 g/mol. The number of fused-ring (bicyclic) bond motifs is 1. The third kappa shape index (κ3) is 2.01. The molecule has 1 heterocycles. The van der Waals surface area contributed by atoms with Crippen molar-refractivity contribution in [3.8, 4) is 0 Å². The second-order valence-electron chi connectivity index (χ2n) is 4.73. The van der Waals surface area contributed by atoms with Crippen LogP contribution in [0.25, 0.3) is 0 Å². The van der Waals surface area contributed by atoms with Crippen LogP contribution in [0.3, 0.4) is 0 Å². The van der Waals surface area contributed by atoms with Gasteiger partial charge in [0.05, 0.1) is 12.3 Å². The number of rotatable bonds is 2. The van der Waals surface area contributed by atoms with E-state index in [4.69, 9.17) is 10.2 Å². The number of hydrogen-bond acceptors (Lipinski definition) is 2. The molecule has 1 aromatic carbocycles. The molecule has 0 aliphatic heterocycles. The normalized spacial score (nSPS) is 16.5. The number of hydrogen-bond donors (Lipinski definition) is 1. The summed E-state index contributed by atoms with van der Waals surface area (Å²) in [4.78, 5) is 0. The monoisotopic (exact) mass is 227 g/mol. The lowest BCUT2D eigenvalue weighted by Crippen LogP contribution is -2.12. The highest BCUT2D eigenvalue weighted by Crippen LogP contribution is 2.26. The highest BCUT2D eigenvalue weighted by atomic mass is 16.3. The molecule has 1 unspecified atom stereocenters. The molecule has 0 amide bonds. The lowest BCUT2D eigenvalue weighted by atomic mass is 9.89. The van der Waals surface area contributed by atoms with Crippen LogP contribution in [0.15, 0.2) is 41.0 Å². The van der Waals surface area contributed by atoms with E-state index in [9.17, 15) is 0 Å². The van der Waals surface area contributed by atoms with E-state index in [1.165, 1.54) is 36.8 Å². The van der Waals surface area contributed by atoms with Gasteiger partial charge in [0.15, 0.2) is 0 Å². The van der Waals surface area contributed by atoms with Crippen molar-refractivity contribution in [2.45, 2.75) is 31.7 Å². The lowest BCUT2D eigenvalue weighted by Gasteiger charge is -2.18. The number of nitrogens with two attached hydrogens (primary N) is 1. The third-order valence-corrected chi connectivity index (χ3v) is 3.58. The smallest absolute Gasteiger partial charge is 0.124 e. The largest absolute Gasteiger partial charge is 0.467 e. The van der Waals surface area contributed by atoms with E-state index < -0.39 is 0 Å². The van der Waals surface area contributed by atoms with E-state index in [1.807, 2.05) is 12.1 Å². The van der Waals surface area contributed by atoms with Crippen LogP contribution in [0.5, 0.6) is 0 Å². The van der Waals surface area contributed by atoms with E-state index in [2.05, 4.69) is 18.2 Å². The Balaban J connectivity index is 1.93. The summed E-state index contributed by atoms with van der Waals surface area (Å²) in [6, 6.07) is 10.3. The minimum absolute atomic E-state index is 0.141. The molecule has 2 heteroatoms. The van der Waals surface area contributed by atoms with Crippen molar-refractivity contribution >= 4 is 0 Å². The van der Waals surface area contributed by atoms with Crippen molar-refractivity contribution in [2.24, 2.45) is 5.73 Å². The molecular weight excluding hydrogens is 210 g/mol. The predicted molar refractivity (Wildman–Crippen MR) is 67.8 cm³/mol. The Morgan fingerprint density at radius 1 is 1.06 bits per heavy atom. The summed E-state index contributed by atoms with van der Waals surface area (Å²) in [5.74, 6) is 0.834. The molecular formula is C15H17NO. The third-order valence-electron chi connectivity index (χ3n) is 3.58. The van der Waals surface area contributed by atoms with Crippen LogP contribution in [0.4, 0.5) is 0 Å². The SMILES string of the molecule is NC(c1ccc2c(c1)CCCC2)c1ccco1. The fourth-order valence-corrected chi connectivity index (χ4v) is 2.58. The van der Waals surface area contributed by atoms with Crippen molar-refractivity contribution < 1.29 is 4.42 Å². The van der Waals surface area contributed by atoms with Crippen molar-refractivity contribution in [2.75, 3.05) is 0 Å². The molecule has 0 radical (unpaired) electrons. The van der Waals surface area contributed by atoms with Crippen LogP contribution in [-0.2, 0) is 12.8 Å². The minimum atomic E-state index is -0.141. The minimum Gasteiger partial charge on any atom is -0.467 e. The molecule has 17 heavy (non-hydrogen) atoms. The summed E-state index contributed by atoms with van der Waals surface area (Å²) in [7, 11) is 0. The Labute approximate surface area is 101 Å². The fourth-order valence-electron chi connectivity index (χ4n) is 2.58. The van der Waals surface area contributed by atoms with Crippen molar-refractivity contribution in [3.05, 3.63) is 59.0 Å². The molecule has 2 N–H and O–H groups in total. The van der Waals surface area contributed by atoms with E-state index in [1.54, 1.807) is 6.26 Å². The number of furan rings is 1. The Kier molecular flexibility index (Phi) is 2.73. The quantitative estimate of drug-likeness (QED) is 0.855. The maximum atomic E-state index is 6.20. The van der Waals surface area contributed by atoms with Crippen LogP contribution in [0.2, 0.25) is 0 Å². The maximum Gasteiger partial charge on any atom is 0.124 e. The molecule has 1 atom stereocenters. The highest BCUT2D eigenvalue weighted by molar-refractivity contribution is 5.37. The lowest BCUT2D eigenvalue weighted by molar-refractivity contribution is 0.489. The first-order valence-corrected chi connectivity index (χ1v) is 6.25. The molecule has 1 aliphatic carbocycles. The van der Waals surface area contributed by atoms with Gasteiger partial charge in [0, 0.05) is 0 Å². The molecule has 2 aromatic rings. The average Bonchev–Trinajstić information content (AvgIpc) is 2.91. The molecule has 0 bridgehead atoms. The second kappa shape index (κ2) is 4.38. The Morgan fingerprint density at radius 3 is 2.65 bits per heavy atom. The van der Waals surface area contributed by atoms with E-state index in [0.717, 1.165) is 11.3 Å². The molecule has 0 fully saturated rings. The predicted octanol–water partition coefficient (Wildman–Crippen LogP) is 3.21. The number of benzene rings is 1. The van der Waals surface area contributed by atoms with E-state index >= 15 is 0 Å². The first kappa shape index (κ1) is 10.6. The first-order chi connectivity index (χ1) is 8.34. The zero-order chi connectivity index (χ0) is 11.7. The van der Waals surface area contributed by atoms with Crippen LogP contribution in [-0.4, -0.2) is 0 Å². The molecule has 0 spiro atoms. The van der Waals surface area contributed by atoms with Gasteiger partial charge in [-0.2, -0.15) is 0 Å². The summed E-state index contributed by atoms with van der Waals surface area (Å²) in [6.45, 7) is 0. The molecule has 1 aromatic heterocycles. The molecule has 3 rings (SSSR count). The van der Waals surface area contributed by atoms with Crippen LogP contribution in [0, 0.1) is 0 Å². The van der Waals surface area contributed by atoms with Crippen molar-refractivity contribution in [3.63, 3.8) is 0 Å². The summed E-state index contributed by atoms with van der Waals surface area (Å²) < 4.78 is 5.37.